The zero-order chi connectivity index (χ0) is 14.4. The van der Waals surface area contributed by atoms with Crippen LogP contribution in [0.1, 0.15) is 23.0 Å². The number of rotatable bonds is 6. The molecule has 3 nitrogen and oxygen atoms in total. The van der Waals surface area contributed by atoms with Gasteiger partial charge in [0.1, 0.15) is 12.4 Å². The Hall–Kier alpha value is -1.84. The van der Waals surface area contributed by atoms with E-state index in [1.54, 1.807) is 14.2 Å². The Bertz CT molecular complexity index is 547. The zero-order valence-corrected chi connectivity index (χ0v) is 12.1. The lowest BCUT2D eigenvalue weighted by molar-refractivity contribution is -0.106. The topological polar surface area (TPSA) is 27.7 Å². The molecule has 0 aliphatic heterocycles. The van der Waals surface area contributed by atoms with Crippen molar-refractivity contribution in [2.75, 3.05) is 14.2 Å². The SMILES string of the molecule is COC(OC)c1ccccc1COc1ccccc1C. The van der Waals surface area contributed by atoms with Gasteiger partial charge in [0.15, 0.2) is 6.29 Å². The van der Waals surface area contributed by atoms with Gasteiger partial charge in [-0.2, -0.15) is 0 Å². The Kier molecular flexibility index (Phi) is 5.16. The molecule has 2 rings (SSSR count). The minimum Gasteiger partial charge on any atom is -0.489 e. The second-order valence-electron chi connectivity index (χ2n) is 4.56. The van der Waals surface area contributed by atoms with Gasteiger partial charge in [-0.3, -0.25) is 0 Å². The molecular formula is C17H20O3. The molecule has 0 heterocycles. The molecule has 0 aliphatic carbocycles. The summed E-state index contributed by atoms with van der Waals surface area (Å²) in [5.41, 5.74) is 3.18. The van der Waals surface area contributed by atoms with Gasteiger partial charge in [0.25, 0.3) is 0 Å². The third kappa shape index (κ3) is 3.38. The third-order valence-corrected chi connectivity index (χ3v) is 3.21. The largest absolute Gasteiger partial charge is 0.489 e. The van der Waals surface area contributed by atoms with Crippen LogP contribution in [0.5, 0.6) is 5.75 Å². The van der Waals surface area contributed by atoms with Crippen LogP contribution in [0.2, 0.25) is 0 Å². The smallest absolute Gasteiger partial charge is 0.183 e. The van der Waals surface area contributed by atoms with Crippen molar-refractivity contribution in [3.63, 3.8) is 0 Å². The highest BCUT2D eigenvalue weighted by molar-refractivity contribution is 5.33. The van der Waals surface area contributed by atoms with Crippen LogP contribution in [-0.2, 0) is 16.1 Å². The molecule has 0 spiro atoms. The highest BCUT2D eigenvalue weighted by Gasteiger charge is 2.13. The van der Waals surface area contributed by atoms with Crippen molar-refractivity contribution in [3.8, 4) is 5.75 Å². The van der Waals surface area contributed by atoms with E-state index in [0.29, 0.717) is 6.61 Å². The van der Waals surface area contributed by atoms with E-state index in [4.69, 9.17) is 14.2 Å². The minimum atomic E-state index is -0.369. The summed E-state index contributed by atoms with van der Waals surface area (Å²) in [7, 11) is 3.26. The molecule has 0 atom stereocenters. The van der Waals surface area contributed by atoms with Crippen LogP contribution < -0.4 is 4.74 Å². The van der Waals surface area contributed by atoms with Gasteiger partial charge in [-0.15, -0.1) is 0 Å². The van der Waals surface area contributed by atoms with Gasteiger partial charge in [0.2, 0.25) is 0 Å². The van der Waals surface area contributed by atoms with Gasteiger partial charge in [-0.1, -0.05) is 42.5 Å². The molecule has 0 saturated heterocycles. The number of ether oxygens (including phenoxy) is 3. The number of aryl methyl sites for hydroxylation is 1. The van der Waals surface area contributed by atoms with E-state index in [1.807, 2.05) is 55.5 Å². The third-order valence-electron chi connectivity index (χ3n) is 3.21. The van der Waals surface area contributed by atoms with E-state index in [0.717, 1.165) is 22.4 Å². The van der Waals surface area contributed by atoms with Crippen molar-refractivity contribution < 1.29 is 14.2 Å². The first kappa shape index (κ1) is 14.6. The lowest BCUT2D eigenvalue weighted by Crippen LogP contribution is -2.09. The lowest BCUT2D eigenvalue weighted by Gasteiger charge is -2.18. The highest BCUT2D eigenvalue weighted by Crippen LogP contribution is 2.24. The molecule has 0 amide bonds. The van der Waals surface area contributed by atoms with E-state index in [2.05, 4.69) is 0 Å². The summed E-state index contributed by atoms with van der Waals surface area (Å²) in [6, 6.07) is 16.0. The van der Waals surface area contributed by atoms with Gasteiger partial charge in [-0.05, 0) is 24.1 Å². The first-order valence-corrected chi connectivity index (χ1v) is 6.58. The molecule has 0 saturated carbocycles. The molecule has 3 heteroatoms. The summed E-state index contributed by atoms with van der Waals surface area (Å²) in [6.07, 6.45) is -0.369. The maximum atomic E-state index is 5.89. The Morgan fingerprint density at radius 2 is 1.55 bits per heavy atom. The average Bonchev–Trinajstić information content (AvgIpc) is 2.49. The quantitative estimate of drug-likeness (QED) is 0.747. The van der Waals surface area contributed by atoms with Crippen LogP contribution in [0, 0.1) is 6.92 Å². The summed E-state index contributed by atoms with van der Waals surface area (Å²) < 4.78 is 16.5. The van der Waals surface area contributed by atoms with Crippen LogP contribution in [0.25, 0.3) is 0 Å². The molecule has 0 aromatic heterocycles. The molecular weight excluding hydrogens is 252 g/mol. The second-order valence-corrected chi connectivity index (χ2v) is 4.56. The van der Waals surface area contributed by atoms with Gasteiger partial charge in [0.05, 0.1) is 0 Å². The van der Waals surface area contributed by atoms with E-state index in [-0.39, 0.29) is 6.29 Å². The number of para-hydroxylation sites is 1. The van der Waals surface area contributed by atoms with E-state index in [1.165, 1.54) is 0 Å². The van der Waals surface area contributed by atoms with Crippen molar-refractivity contribution in [1.82, 2.24) is 0 Å². The van der Waals surface area contributed by atoms with Gasteiger partial charge in [-0.25, -0.2) is 0 Å². The normalized spacial score (nSPS) is 10.8. The van der Waals surface area contributed by atoms with E-state index in [9.17, 15) is 0 Å². The molecule has 2 aromatic rings. The summed E-state index contributed by atoms with van der Waals surface area (Å²) in [5, 5.41) is 0. The molecule has 20 heavy (non-hydrogen) atoms. The van der Waals surface area contributed by atoms with Crippen molar-refractivity contribution in [3.05, 3.63) is 65.2 Å². The van der Waals surface area contributed by atoms with E-state index >= 15 is 0 Å². The fourth-order valence-electron chi connectivity index (χ4n) is 2.12. The van der Waals surface area contributed by atoms with Crippen LogP contribution in [0.3, 0.4) is 0 Å². The fourth-order valence-corrected chi connectivity index (χ4v) is 2.12. The predicted octanol–water partition coefficient (Wildman–Crippen LogP) is 3.87. The molecule has 0 aliphatic rings. The molecule has 0 N–H and O–H groups in total. The number of methoxy groups -OCH3 is 2. The molecule has 0 bridgehead atoms. The predicted molar refractivity (Wildman–Crippen MR) is 78.7 cm³/mol. The molecule has 0 fully saturated rings. The summed E-state index contributed by atoms with van der Waals surface area (Å²) in [6.45, 7) is 2.53. The van der Waals surface area contributed by atoms with Gasteiger partial charge >= 0.3 is 0 Å². The Balaban J connectivity index is 2.16. The maximum Gasteiger partial charge on any atom is 0.183 e. The first-order chi connectivity index (χ1) is 9.76. The standard InChI is InChI=1S/C17H20O3/c1-13-8-4-7-11-16(13)20-12-14-9-5-6-10-15(14)17(18-2)19-3/h4-11,17H,12H2,1-3H3. The van der Waals surface area contributed by atoms with Gasteiger partial charge in [0, 0.05) is 19.8 Å². The average molecular weight is 272 g/mol. The number of hydrogen-bond donors (Lipinski definition) is 0. The van der Waals surface area contributed by atoms with Crippen molar-refractivity contribution in [1.29, 1.82) is 0 Å². The van der Waals surface area contributed by atoms with Crippen LogP contribution in [-0.4, -0.2) is 14.2 Å². The van der Waals surface area contributed by atoms with Gasteiger partial charge < -0.3 is 14.2 Å². The minimum absolute atomic E-state index is 0.369. The first-order valence-electron chi connectivity index (χ1n) is 6.58. The monoisotopic (exact) mass is 272 g/mol. The Labute approximate surface area is 120 Å². The highest BCUT2D eigenvalue weighted by atomic mass is 16.7. The van der Waals surface area contributed by atoms with Crippen molar-refractivity contribution in [2.45, 2.75) is 19.8 Å². The Morgan fingerprint density at radius 3 is 2.25 bits per heavy atom. The van der Waals surface area contributed by atoms with Crippen LogP contribution in [0.15, 0.2) is 48.5 Å². The summed E-state index contributed by atoms with van der Waals surface area (Å²) >= 11 is 0. The molecule has 0 unspecified atom stereocenters. The summed E-state index contributed by atoms with van der Waals surface area (Å²) in [5.74, 6) is 0.897. The van der Waals surface area contributed by atoms with Crippen LogP contribution in [0.4, 0.5) is 0 Å². The Morgan fingerprint density at radius 1 is 0.900 bits per heavy atom. The second kappa shape index (κ2) is 7.08. The van der Waals surface area contributed by atoms with E-state index < -0.39 is 0 Å². The lowest BCUT2D eigenvalue weighted by atomic mass is 10.1. The number of hydrogen-bond acceptors (Lipinski definition) is 3. The molecule has 2 aromatic carbocycles. The zero-order valence-electron chi connectivity index (χ0n) is 12.1. The van der Waals surface area contributed by atoms with Crippen LogP contribution >= 0.6 is 0 Å². The fraction of sp³-hybridized carbons (Fsp3) is 0.294. The van der Waals surface area contributed by atoms with Crippen molar-refractivity contribution >= 4 is 0 Å². The van der Waals surface area contributed by atoms with Crippen molar-refractivity contribution in [2.24, 2.45) is 0 Å². The summed E-state index contributed by atoms with van der Waals surface area (Å²) in [4.78, 5) is 0. The number of benzene rings is 2. The molecule has 106 valence electrons. The molecule has 0 radical (unpaired) electrons. The maximum absolute atomic E-state index is 5.89.